The van der Waals surface area contributed by atoms with Gasteiger partial charge in [-0.3, -0.25) is 14.4 Å². The lowest BCUT2D eigenvalue weighted by Gasteiger charge is -2.26. The van der Waals surface area contributed by atoms with Gasteiger partial charge in [-0.05, 0) is 50.3 Å². The monoisotopic (exact) mass is 626 g/mol. The molecule has 1 rings (SSSR count). The van der Waals surface area contributed by atoms with E-state index in [2.05, 4.69) is 53.3 Å². The van der Waals surface area contributed by atoms with Crippen molar-refractivity contribution in [3.05, 3.63) is 35.4 Å². The molecule has 0 heterocycles. The van der Waals surface area contributed by atoms with Gasteiger partial charge in [-0.15, -0.1) is 0 Å². The molecule has 0 fully saturated rings. The number of likely N-dealkylation sites (N-methyl/N-ethyl adjacent to an activating group) is 1. The van der Waals surface area contributed by atoms with Crippen molar-refractivity contribution in [1.29, 1.82) is 0 Å². The third-order valence-electron chi connectivity index (χ3n) is 6.47. The van der Waals surface area contributed by atoms with E-state index < -0.39 is 11.6 Å². The van der Waals surface area contributed by atoms with Crippen molar-refractivity contribution in [2.24, 2.45) is 11.8 Å². The minimum Gasteiger partial charge on any atom is -0.400 e. The first kappa shape index (κ1) is 39.9. The zero-order valence-electron chi connectivity index (χ0n) is 26.7. The van der Waals surface area contributed by atoms with E-state index in [0.29, 0.717) is 31.1 Å². The molecule has 0 unspecified atom stereocenters. The van der Waals surface area contributed by atoms with E-state index in [9.17, 15) is 19.2 Å². The fraction of sp³-hybridized carbons (Fsp3) is 0.677. The maximum Gasteiger partial charge on any atom is 0.242 e. The summed E-state index contributed by atoms with van der Waals surface area (Å²) in [6, 6.07) is 7.53. The molecule has 0 radical (unpaired) electrons. The smallest absolute Gasteiger partial charge is 0.242 e. The van der Waals surface area contributed by atoms with Gasteiger partial charge in [-0.1, -0.05) is 58.4 Å². The molecule has 11 heteroatoms. The fourth-order valence-electron chi connectivity index (χ4n) is 3.94. The van der Waals surface area contributed by atoms with E-state index in [1.54, 1.807) is 44.4 Å². The van der Waals surface area contributed by atoms with Crippen LogP contribution in [0.15, 0.2) is 24.3 Å². The second-order valence-corrected chi connectivity index (χ2v) is 13.4. The van der Waals surface area contributed by atoms with Gasteiger partial charge in [0.1, 0.15) is 12.3 Å². The van der Waals surface area contributed by atoms with Crippen LogP contribution in [0.25, 0.3) is 0 Å². The van der Waals surface area contributed by atoms with Gasteiger partial charge in [0.25, 0.3) is 0 Å². The molecule has 42 heavy (non-hydrogen) atoms. The number of thioether (sulfide) groups is 2. The lowest BCUT2D eigenvalue weighted by Crippen LogP contribution is -2.55. The summed E-state index contributed by atoms with van der Waals surface area (Å²) in [6.45, 7) is 12.1. The lowest BCUT2D eigenvalue weighted by molar-refractivity contribution is -0.131. The fourth-order valence-corrected chi connectivity index (χ4v) is 5.64. The second-order valence-electron chi connectivity index (χ2n) is 11.2. The van der Waals surface area contributed by atoms with Gasteiger partial charge in [0, 0.05) is 43.1 Å². The van der Waals surface area contributed by atoms with Crippen molar-refractivity contribution >= 4 is 47.5 Å². The van der Waals surface area contributed by atoms with Crippen molar-refractivity contribution in [2.45, 2.75) is 89.9 Å². The Labute approximate surface area is 261 Å². The predicted octanol–water partition coefficient (Wildman–Crippen LogP) is 3.53. The molecule has 1 aromatic carbocycles. The summed E-state index contributed by atoms with van der Waals surface area (Å²) in [7, 11) is 2.77. The van der Waals surface area contributed by atoms with Crippen LogP contribution in [0.2, 0.25) is 0 Å². The van der Waals surface area contributed by atoms with Crippen molar-refractivity contribution in [3.63, 3.8) is 0 Å². The third-order valence-corrected chi connectivity index (χ3v) is 8.53. The number of hydrogen-bond acceptors (Lipinski definition) is 8. The number of benzene rings is 1. The van der Waals surface area contributed by atoms with Gasteiger partial charge in [0.05, 0.1) is 11.6 Å². The number of aliphatic hydroxyl groups is 1. The van der Waals surface area contributed by atoms with E-state index in [-0.39, 0.29) is 29.7 Å². The maximum atomic E-state index is 12.9. The molecule has 3 atom stereocenters. The summed E-state index contributed by atoms with van der Waals surface area (Å²) >= 11 is 3.44. The van der Waals surface area contributed by atoms with Crippen molar-refractivity contribution in [1.82, 2.24) is 21.3 Å². The number of aldehydes is 1. The maximum absolute atomic E-state index is 12.9. The molecular weight excluding hydrogens is 572 g/mol. The number of rotatable bonds is 20. The van der Waals surface area contributed by atoms with Crippen LogP contribution in [-0.4, -0.2) is 78.9 Å². The first-order valence-electron chi connectivity index (χ1n) is 14.6. The lowest BCUT2D eigenvalue weighted by atomic mass is 9.97. The van der Waals surface area contributed by atoms with Gasteiger partial charge >= 0.3 is 0 Å². The van der Waals surface area contributed by atoms with Crippen LogP contribution in [0.5, 0.6) is 0 Å². The quantitative estimate of drug-likeness (QED) is 0.110. The van der Waals surface area contributed by atoms with E-state index in [0.717, 1.165) is 37.1 Å². The minimum atomic E-state index is -0.828. The zero-order valence-corrected chi connectivity index (χ0v) is 28.4. The summed E-state index contributed by atoms with van der Waals surface area (Å²) in [4.78, 5) is 48.7. The molecule has 5 N–H and O–H groups in total. The highest BCUT2D eigenvalue weighted by molar-refractivity contribution is 7.98. The summed E-state index contributed by atoms with van der Waals surface area (Å²) in [5, 5.41) is 18.8. The van der Waals surface area contributed by atoms with Crippen molar-refractivity contribution in [2.75, 3.05) is 32.2 Å². The van der Waals surface area contributed by atoms with E-state index >= 15 is 0 Å². The number of carbonyl (C=O) groups excluding carboxylic acids is 4. The first-order valence-corrected chi connectivity index (χ1v) is 16.9. The van der Waals surface area contributed by atoms with E-state index in [4.69, 9.17) is 5.11 Å². The third kappa shape index (κ3) is 17.1. The molecule has 0 aliphatic carbocycles. The molecule has 1 aromatic rings. The average Bonchev–Trinajstić information content (AvgIpc) is 2.97. The zero-order chi connectivity index (χ0) is 32.1. The highest BCUT2D eigenvalue weighted by Crippen LogP contribution is 2.18. The van der Waals surface area contributed by atoms with E-state index in [1.165, 1.54) is 11.1 Å². The Kier molecular flexibility index (Phi) is 21.3. The Morgan fingerprint density at radius 1 is 1.00 bits per heavy atom. The minimum absolute atomic E-state index is 0.0336. The number of amides is 3. The number of hydrogen-bond donors (Lipinski definition) is 5. The summed E-state index contributed by atoms with van der Waals surface area (Å²) in [5.74, 6) is 3.13. The van der Waals surface area contributed by atoms with Gasteiger partial charge < -0.3 is 31.2 Å². The normalized spacial score (nSPS) is 13.3. The van der Waals surface area contributed by atoms with Gasteiger partial charge in [-0.2, -0.15) is 23.5 Å². The van der Waals surface area contributed by atoms with Crippen LogP contribution < -0.4 is 21.3 Å². The highest BCUT2D eigenvalue weighted by Gasteiger charge is 2.28. The van der Waals surface area contributed by atoms with Crippen LogP contribution in [0.3, 0.4) is 0 Å². The van der Waals surface area contributed by atoms with Crippen LogP contribution in [0.4, 0.5) is 0 Å². The van der Waals surface area contributed by atoms with Crippen LogP contribution in [-0.2, 0) is 30.7 Å². The molecular formula is C31H54N4O5S2. The topological polar surface area (TPSA) is 137 Å². The number of carbonyl (C=O) groups is 4. The van der Waals surface area contributed by atoms with Crippen LogP contribution in [0.1, 0.15) is 71.9 Å². The number of aliphatic hydroxyl groups excluding tert-OH is 1. The summed E-state index contributed by atoms with van der Waals surface area (Å²) in [5.41, 5.74) is 1.59. The van der Waals surface area contributed by atoms with Crippen molar-refractivity contribution in [3.8, 4) is 0 Å². The SMILES string of the molecule is CC[C@H](C)[C@H](NC(=O)[C@H](CC(C)C)NC)C(=O)NCCSCc1cccc(CSCCC(=O)NC(C)(C)C=O)c1.CO. The molecule has 3 amide bonds. The molecule has 0 spiro atoms. The van der Waals surface area contributed by atoms with E-state index in [1.807, 2.05) is 19.9 Å². The summed E-state index contributed by atoms with van der Waals surface area (Å²) in [6.07, 6.45) is 2.63. The molecule has 9 nitrogen and oxygen atoms in total. The standard InChI is InChI=1S/C30H50N4O4S2.CH4O/c1-8-22(4)27(33-28(37)25(31-7)16-21(2)3)29(38)32-13-15-40-19-24-11-9-10-23(17-24)18-39-14-12-26(36)34-30(5,6)20-35;1-2/h9-11,17,20-22,25,27,31H,8,12-16,18-19H2,1-7H3,(H,32,38)(H,33,37)(H,34,36);2H,1H3/t22-,25-,27-;/m0./s1. The summed E-state index contributed by atoms with van der Waals surface area (Å²) < 4.78 is 0. The largest absolute Gasteiger partial charge is 0.400 e. The Morgan fingerprint density at radius 2 is 1.60 bits per heavy atom. The van der Waals surface area contributed by atoms with Crippen LogP contribution in [0, 0.1) is 11.8 Å². The predicted molar refractivity (Wildman–Crippen MR) is 177 cm³/mol. The molecule has 240 valence electrons. The molecule has 0 aliphatic rings. The Bertz CT molecular complexity index is 946. The first-order chi connectivity index (χ1) is 19.9. The van der Waals surface area contributed by atoms with Crippen molar-refractivity contribution < 1.29 is 24.3 Å². The highest BCUT2D eigenvalue weighted by atomic mass is 32.2. The Balaban J connectivity index is 0.00000821. The molecule has 0 saturated carbocycles. The Morgan fingerprint density at radius 3 is 2.12 bits per heavy atom. The molecule has 0 saturated heterocycles. The average molecular weight is 627 g/mol. The molecule has 0 aromatic heterocycles. The van der Waals surface area contributed by atoms with Gasteiger partial charge in [0.15, 0.2) is 0 Å². The van der Waals surface area contributed by atoms with Gasteiger partial charge in [0.2, 0.25) is 17.7 Å². The molecule has 0 bridgehead atoms. The second kappa shape index (κ2) is 22.5. The molecule has 0 aliphatic heterocycles. The number of nitrogens with one attached hydrogen (secondary N) is 4. The Hall–Kier alpha value is -2.08. The van der Waals surface area contributed by atoms with Crippen LogP contribution >= 0.6 is 23.5 Å². The van der Waals surface area contributed by atoms with Gasteiger partial charge in [-0.25, -0.2) is 0 Å².